The van der Waals surface area contributed by atoms with Gasteiger partial charge in [0.25, 0.3) is 5.91 Å². The standard InChI is InChI=1S/C22H26N2O3/c1-15-19(9-6-10-20(15)26-2)22(25)23-17-11-18-14-27-21(13-24(18)12-17)16-7-4-3-5-8-16/h3-10,17-18,21H,11-14H2,1-2H3,(H,23,25)/t17-,18+,21-/m1/s1. The third-order valence-electron chi connectivity index (χ3n) is 5.67. The molecule has 0 unspecified atom stereocenters. The molecule has 1 amide bonds. The summed E-state index contributed by atoms with van der Waals surface area (Å²) in [4.78, 5) is 15.2. The fraction of sp³-hybridized carbons (Fsp3) is 0.409. The molecule has 0 aliphatic carbocycles. The molecule has 2 fully saturated rings. The van der Waals surface area contributed by atoms with E-state index < -0.39 is 0 Å². The molecule has 0 saturated carbocycles. The molecule has 2 aromatic carbocycles. The summed E-state index contributed by atoms with van der Waals surface area (Å²) >= 11 is 0. The fourth-order valence-electron chi connectivity index (χ4n) is 4.19. The van der Waals surface area contributed by atoms with E-state index in [4.69, 9.17) is 9.47 Å². The quantitative estimate of drug-likeness (QED) is 0.904. The molecule has 2 saturated heterocycles. The first-order chi connectivity index (χ1) is 13.2. The molecule has 1 N–H and O–H groups in total. The Hall–Kier alpha value is -2.37. The van der Waals surface area contributed by atoms with E-state index in [2.05, 4.69) is 22.3 Å². The number of morpholine rings is 1. The minimum atomic E-state index is -0.0308. The minimum Gasteiger partial charge on any atom is -0.496 e. The van der Waals surface area contributed by atoms with Crippen molar-refractivity contribution in [3.63, 3.8) is 0 Å². The first kappa shape index (κ1) is 18.0. The first-order valence-corrected chi connectivity index (χ1v) is 9.50. The van der Waals surface area contributed by atoms with E-state index in [1.54, 1.807) is 7.11 Å². The molecule has 5 heteroatoms. The smallest absolute Gasteiger partial charge is 0.251 e. The number of nitrogens with zero attached hydrogens (tertiary/aromatic N) is 1. The summed E-state index contributed by atoms with van der Waals surface area (Å²) in [5, 5.41) is 3.21. The van der Waals surface area contributed by atoms with Gasteiger partial charge in [-0.15, -0.1) is 0 Å². The molecular formula is C22H26N2O3. The molecule has 2 heterocycles. The number of carbonyl (C=O) groups is 1. The number of methoxy groups -OCH3 is 1. The van der Waals surface area contributed by atoms with Gasteiger partial charge in [0.2, 0.25) is 0 Å². The van der Waals surface area contributed by atoms with Crippen LogP contribution in [0.25, 0.3) is 0 Å². The van der Waals surface area contributed by atoms with Crippen molar-refractivity contribution in [3.8, 4) is 5.75 Å². The van der Waals surface area contributed by atoms with Crippen LogP contribution >= 0.6 is 0 Å². The van der Waals surface area contributed by atoms with E-state index in [1.165, 1.54) is 5.56 Å². The van der Waals surface area contributed by atoms with Crippen LogP contribution in [0.3, 0.4) is 0 Å². The van der Waals surface area contributed by atoms with E-state index >= 15 is 0 Å². The Balaban J connectivity index is 1.39. The van der Waals surface area contributed by atoms with Crippen molar-refractivity contribution in [2.24, 2.45) is 0 Å². The van der Waals surface area contributed by atoms with Crippen molar-refractivity contribution in [1.82, 2.24) is 10.2 Å². The van der Waals surface area contributed by atoms with Gasteiger partial charge in [-0.1, -0.05) is 36.4 Å². The molecule has 0 bridgehead atoms. The van der Waals surface area contributed by atoms with Gasteiger partial charge in [0.15, 0.2) is 0 Å². The van der Waals surface area contributed by atoms with Gasteiger partial charge in [0.1, 0.15) is 5.75 Å². The second-order valence-corrected chi connectivity index (χ2v) is 7.38. The van der Waals surface area contributed by atoms with E-state index in [-0.39, 0.29) is 18.1 Å². The number of nitrogens with one attached hydrogen (secondary N) is 1. The van der Waals surface area contributed by atoms with Gasteiger partial charge >= 0.3 is 0 Å². The highest BCUT2D eigenvalue weighted by Crippen LogP contribution is 2.30. The highest BCUT2D eigenvalue weighted by molar-refractivity contribution is 5.96. The summed E-state index contributed by atoms with van der Waals surface area (Å²) < 4.78 is 11.4. The van der Waals surface area contributed by atoms with Gasteiger partial charge in [0, 0.05) is 36.3 Å². The molecule has 27 heavy (non-hydrogen) atoms. The average Bonchev–Trinajstić information content (AvgIpc) is 3.10. The minimum absolute atomic E-state index is 0.0308. The fourth-order valence-corrected chi connectivity index (χ4v) is 4.19. The summed E-state index contributed by atoms with van der Waals surface area (Å²) in [5.41, 5.74) is 2.77. The Morgan fingerprint density at radius 3 is 2.74 bits per heavy atom. The van der Waals surface area contributed by atoms with Crippen LogP contribution in [0, 0.1) is 6.92 Å². The normalized spacial score (nSPS) is 25.0. The molecule has 5 nitrogen and oxygen atoms in total. The van der Waals surface area contributed by atoms with Gasteiger partial charge in [-0.05, 0) is 31.0 Å². The Morgan fingerprint density at radius 1 is 1.15 bits per heavy atom. The molecule has 142 valence electrons. The lowest BCUT2D eigenvalue weighted by Gasteiger charge is -2.35. The van der Waals surface area contributed by atoms with Crippen molar-refractivity contribution in [3.05, 3.63) is 65.2 Å². The average molecular weight is 366 g/mol. The predicted octanol–water partition coefficient (Wildman–Crippen LogP) is 2.95. The number of benzene rings is 2. The van der Waals surface area contributed by atoms with Crippen LogP contribution in [0.4, 0.5) is 0 Å². The molecule has 3 atom stereocenters. The molecule has 2 aliphatic heterocycles. The lowest BCUT2D eigenvalue weighted by atomic mass is 10.1. The van der Waals surface area contributed by atoms with Gasteiger partial charge in [-0.25, -0.2) is 0 Å². The van der Waals surface area contributed by atoms with Crippen molar-refractivity contribution in [2.75, 3.05) is 26.8 Å². The van der Waals surface area contributed by atoms with E-state index in [9.17, 15) is 4.79 Å². The molecule has 0 aromatic heterocycles. The molecule has 0 radical (unpaired) electrons. The zero-order valence-electron chi connectivity index (χ0n) is 15.9. The lowest BCUT2D eigenvalue weighted by Crippen LogP contribution is -2.43. The number of fused-ring (bicyclic) bond motifs is 1. The highest BCUT2D eigenvalue weighted by Gasteiger charge is 2.38. The molecule has 2 aromatic rings. The summed E-state index contributed by atoms with van der Waals surface area (Å²) in [6.45, 7) is 4.37. The Kier molecular flexibility index (Phi) is 5.14. The second kappa shape index (κ2) is 7.71. The molecule has 4 rings (SSSR count). The topological polar surface area (TPSA) is 50.8 Å². The SMILES string of the molecule is COc1cccc(C(=O)N[C@@H]2C[C@H]3CO[C@@H](c4ccccc4)CN3C2)c1C. The van der Waals surface area contributed by atoms with E-state index in [0.29, 0.717) is 18.2 Å². The number of hydrogen-bond donors (Lipinski definition) is 1. The maximum Gasteiger partial charge on any atom is 0.251 e. The summed E-state index contributed by atoms with van der Waals surface area (Å²) in [6.07, 6.45) is 1.04. The van der Waals surface area contributed by atoms with Crippen LogP contribution in [-0.2, 0) is 4.74 Å². The molecule has 0 spiro atoms. The van der Waals surface area contributed by atoms with Crippen molar-refractivity contribution in [1.29, 1.82) is 0 Å². The Bertz CT molecular complexity index is 808. The summed E-state index contributed by atoms with van der Waals surface area (Å²) in [5.74, 6) is 0.711. The Morgan fingerprint density at radius 2 is 1.96 bits per heavy atom. The second-order valence-electron chi connectivity index (χ2n) is 7.38. The maximum atomic E-state index is 12.8. The van der Waals surface area contributed by atoms with Gasteiger partial charge in [-0.2, -0.15) is 0 Å². The first-order valence-electron chi connectivity index (χ1n) is 9.50. The largest absolute Gasteiger partial charge is 0.496 e. The van der Waals surface area contributed by atoms with E-state index in [0.717, 1.165) is 30.8 Å². The van der Waals surface area contributed by atoms with Crippen LogP contribution in [0.2, 0.25) is 0 Å². The third kappa shape index (κ3) is 3.70. The number of ether oxygens (including phenoxy) is 2. The van der Waals surface area contributed by atoms with Gasteiger partial charge in [-0.3, -0.25) is 9.69 Å². The zero-order valence-corrected chi connectivity index (χ0v) is 15.9. The van der Waals surface area contributed by atoms with E-state index in [1.807, 2.05) is 43.3 Å². The molecule has 2 aliphatic rings. The van der Waals surface area contributed by atoms with Crippen LogP contribution in [0.1, 0.15) is 34.0 Å². The van der Waals surface area contributed by atoms with Gasteiger partial charge < -0.3 is 14.8 Å². The number of carbonyl (C=O) groups excluding carboxylic acids is 1. The third-order valence-corrected chi connectivity index (χ3v) is 5.67. The van der Waals surface area contributed by atoms with Crippen molar-refractivity contribution >= 4 is 5.91 Å². The number of hydrogen-bond acceptors (Lipinski definition) is 4. The summed E-state index contributed by atoms with van der Waals surface area (Å²) in [6, 6.07) is 16.5. The number of rotatable bonds is 4. The highest BCUT2D eigenvalue weighted by atomic mass is 16.5. The Labute approximate surface area is 160 Å². The summed E-state index contributed by atoms with van der Waals surface area (Å²) in [7, 11) is 1.63. The van der Waals surface area contributed by atoms with Crippen molar-refractivity contribution < 1.29 is 14.3 Å². The zero-order chi connectivity index (χ0) is 18.8. The predicted molar refractivity (Wildman–Crippen MR) is 104 cm³/mol. The van der Waals surface area contributed by atoms with Gasteiger partial charge in [0.05, 0.1) is 19.8 Å². The number of amides is 1. The van der Waals surface area contributed by atoms with Crippen LogP contribution < -0.4 is 10.1 Å². The van der Waals surface area contributed by atoms with Crippen LogP contribution in [0.15, 0.2) is 48.5 Å². The maximum absolute atomic E-state index is 12.8. The van der Waals surface area contributed by atoms with Crippen LogP contribution in [-0.4, -0.2) is 49.7 Å². The van der Waals surface area contributed by atoms with Crippen molar-refractivity contribution in [2.45, 2.75) is 31.5 Å². The lowest BCUT2D eigenvalue weighted by molar-refractivity contribution is -0.0502. The van der Waals surface area contributed by atoms with Crippen LogP contribution in [0.5, 0.6) is 5.75 Å². The monoisotopic (exact) mass is 366 g/mol. The molecular weight excluding hydrogens is 340 g/mol.